The summed E-state index contributed by atoms with van der Waals surface area (Å²) in [6.07, 6.45) is 1.50. The highest BCUT2D eigenvalue weighted by Crippen LogP contribution is 2.17. The van der Waals surface area contributed by atoms with E-state index in [1.165, 1.54) is 29.7 Å². The van der Waals surface area contributed by atoms with E-state index in [4.69, 9.17) is 9.52 Å². The van der Waals surface area contributed by atoms with Crippen molar-refractivity contribution in [3.63, 3.8) is 0 Å². The molecule has 1 aromatic carbocycles. The van der Waals surface area contributed by atoms with E-state index < -0.39 is 10.0 Å². The Morgan fingerprint density at radius 3 is 2.52 bits per heavy atom. The van der Waals surface area contributed by atoms with Crippen LogP contribution in [0.15, 0.2) is 52.0 Å². The van der Waals surface area contributed by atoms with Crippen molar-refractivity contribution in [2.45, 2.75) is 11.4 Å². The first-order valence-electron chi connectivity index (χ1n) is 6.22. The third-order valence-corrected chi connectivity index (χ3v) is 4.65. The Bertz CT molecular complexity index is 737. The number of aliphatic hydroxyl groups excluding tert-OH is 1. The lowest BCUT2D eigenvalue weighted by Crippen LogP contribution is -2.26. The second-order valence-corrected chi connectivity index (χ2v) is 6.37. The number of hydrogen-bond acceptors (Lipinski definition) is 4. The molecular weight excluding hydrogens is 290 g/mol. The molecule has 0 aliphatic heterocycles. The zero-order chi connectivity index (χ0) is 15.3. The molecule has 0 aliphatic rings. The average Bonchev–Trinajstić information content (AvgIpc) is 2.98. The average molecular weight is 305 g/mol. The quantitative estimate of drug-likeness (QED) is 0.868. The Hall–Kier alpha value is -2.07. The molecule has 0 unspecified atom stereocenters. The van der Waals surface area contributed by atoms with Crippen molar-refractivity contribution in [2.24, 2.45) is 0 Å². The van der Waals surface area contributed by atoms with E-state index in [2.05, 4.69) is 11.8 Å². The van der Waals surface area contributed by atoms with Crippen molar-refractivity contribution in [3.05, 3.63) is 54.0 Å². The second-order valence-electron chi connectivity index (χ2n) is 4.32. The van der Waals surface area contributed by atoms with Gasteiger partial charge in [-0.25, -0.2) is 8.42 Å². The van der Waals surface area contributed by atoms with Crippen LogP contribution in [0.2, 0.25) is 0 Å². The molecule has 2 aromatic rings. The number of sulfonamides is 1. The number of aliphatic hydroxyl groups is 1. The molecule has 0 radical (unpaired) electrons. The van der Waals surface area contributed by atoms with Crippen LogP contribution in [0.25, 0.3) is 0 Å². The first kappa shape index (κ1) is 15.3. The maximum Gasteiger partial charge on any atom is 0.243 e. The molecule has 0 amide bonds. The molecule has 5 nitrogen and oxygen atoms in total. The Morgan fingerprint density at radius 1 is 1.24 bits per heavy atom. The molecule has 1 heterocycles. The Kier molecular flexibility index (Phi) is 4.81. The lowest BCUT2D eigenvalue weighted by molar-refractivity contribution is 0.350. The molecular formula is C15H15NO4S. The van der Waals surface area contributed by atoms with Crippen LogP contribution >= 0.6 is 0 Å². The monoisotopic (exact) mass is 305 g/mol. The van der Waals surface area contributed by atoms with Crippen molar-refractivity contribution in [3.8, 4) is 11.8 Å². The summed E-state index contributed by atoms with van der Waals surface area (Å²) in [6, 6.07) is 9.64. The highest BCUT2D eigenvalue weighted by Gasteiger charge is 2.21. The van der Waals surface area contributed by atoms with Gasteiger partial charge in [-0.15, -0.1) is 0 Å². The molecule has 1 N–H and O–H groups in total. The minimum absolute atomic E-state index is 0.168. The van der Waals surface area contributed by atoms with Crippen LogP contribution in [0, 0.1) is 11.8 Å². The lowest BCUT2D eigenvalue weighted by atomic mass is 10.2. The van der Waals surface area contributed by atoms with E-state index in [9.17, 15) is 8.42 Å². The summed E-state index contributed by atoms with van der Waals surface area (Å²) < 4.78 is 31.2. The molecule has 2 rings (SSSR count). The number of rotatable bonds is 4. The second kappa shape index (κ2) is 6.59. The smallest absolute Gasteiger partial charge is 0.243 e. The minimum atomic E-state index is -3.58. The van der Waals surface area contributed by atoms with Gasteiger partial charge in [0.1, 0.15) is 12.4 Å². The molecule has 0 bridgehead atoms. The van der Waals surface area contributed by atoms with E-state index in [0.29, 0.717) is 11.3 Å². The highest BCUT2D eigenvalue weighted by atomic mass is 32.2. The number of hydrogen-bond donors (Lipinski definition) is 1. The maximum atomic E-state index is 12.4. The summed E-state index contributed by atoms with van der Waals surface area (Å²) in [5, 5.41) is 8.62. The predicted octanol–water partition coefficient (Wildman–Crippen LogP) is 1.44. The Morgan fingerprint density at radius 2 is 1.95 bits per heavy atom. The molecule has 0 aliphatic carbocycles. The van der Waals surface area contributed by atoms with E-state index in [1.54, 1.807) is 24.3 Å². The first-order valence-corrected chi connectivity index (χ1v) is 7.66. The summed E-state index contributed by atoms with van der Waals surface area (Å²) in [6.45, 7) is -0.0622. The Balaban J connectivity index is 2.18. The Labute approximate surface area is 123 Å². The number of furan rings is 1. The van der Waals surface area contributed by atoms with E-state index in [-0.39, 0.29) is 18.0 Å². The van der Waals surface area contributed by atoms with Gasteiger partial charge in [0.2, 0.25) is 10.0 Å². The maximum absolute atomic E-state index is 12.4. The van der Waals surface area contributed by atoms with Gasteiger partial charge in [-0.3, -0.25) is 0 Å². The van der Waals surface area contributed by atoms with Gasteiger partial charge in [0.25, 0.3) is 0 Å². The summed E-state index contributed by atoms with van der Waals surface area (Å²) in [4.78, 5) is 0.186. The molecule has 110 valence electrons. The van der Waals surface area contributed by atoms with Crippen LogP contribution < -0.4 is 0 Å². The van der Waals surface area contributed by atoms with Gasteiger partial charge >= 0.3 is 0 Å². The molecule has 0 spiro atoms. The fourth-order valence-electron chi connectivity index (χ4n) is 1.74. The largest absolute Gasteiger partial charge is 0.468 e. The molecule has 21 heavy (non-hydrogen) atoms. The van der Waals surface area contributed by atoms with Crippen LogP contribution in [-0.2, 0) is 16.6 Å². The van der Waals surface area contributed by atoms with Gasteiger partial charge in [-0.05, 0) is 36.4 Å². The van der Waals surface area contributed by atoms with E-state index >= 15 is 0 Å². The molecule has 0 fully saturated rings. The molecule has 0 atom stereocenters. The lowest BCUT2D eigenvalue weighted by Gasteiger charge is -2.15. The van der Waals surface area contributed by atoms with Gasteiger partial charge < -0.3 is 9.52 Å². The van der Waals surface area contributed by atoms with Gasteiger partial charge in [-0.1, -0.05) is 11.8 Å². The van der Waals surface area contributed by atoms with Crippen LogP contribution in [0.5, 0.6) is 0 Å². The standard InChI is InChI=1S/C15H15NO4S/c1-16(12-14-5-3-11-20-14)21(18,19)15-8-6-13(7-9-15)4-2-10-17/h3,5-9,11,17H,10,12H2,1H3. The SMILES string of the molecule is CN(Cc1ccco1)S(=O)(=O)c1ccc(C#CCO)cc1. The predicted molar refractivity (Wildman–Crippen MR) is 77.8 cm³/mol. The third kappa shape index (κ3) is 3.73. The molecule has 0 saturated carbocycles. The van der Waals surface area contributed by atoms with Crippen LogP contribution in [0.1, 0.15) is 11.3 Å². The summed E-state index contributed by atoms with van der Waals surface area (Å²) >= 11 is 0. The zero-order valence-corrected chi connectivity index (χ0v) is 12.3. The highest BCUT2D eigenvalue weighted by molar-refractivity contribution is 7.89. The van der Waals surface area contributed by atoms with Gasteiger partial charge in [0.05, 0.1) is 17.7 Å². The van der Waals surface area contributed by atoms with Crippen molar-refractivity contribution in [1.29, 1.82) is 0 Å². The minimum Gasteiger partial charge on any atom is -0.468 e. The van der Waals surface area contributed by atoms with Crippen molar-refractivity contribution >= 4 is 10.0 Å². The number of benzene rings is 1. The van der Waals surface area contributed by atoms with Crippen LogP contribution in [0.4, 0.5) is 0 Å². The zero-order valence-electron chi connectivity index (χ0n) is 11.5. The van der Waals surface area contributed by atoms with Crippen molar-refractivity contribution in [1.82, 2.24) is 4.31 Å². The van der Waals surface area contributed by atoms with Crippen LogP contribution in [-0.4, -0.2) is 31.5 Å². The third-order valence-electron chi connectivity index (χ3n) is 2.83. The summed E-state index contributed by atoms with van der Waals surface area (Å²) in [5.41, 5.74) is 0.650. The van der Waals surface area contributed by atoms with Crippen molar-refractivity contribution < 1.29 is 17.9 Å². The van der Waals surface area contributed by atoms with Crippen molar-refractivity contribution in [2.75, 3.05) is 13.7 Å². The normalized spacial score (nSPS) is 11.2. The van der Waals surface area contributed by atoms with E-state index in [1.807, 2.05) is 0 Å². The van der Waals surface area contributed by atoms with Gasteiger partial charge in [-0.2, -0.15) is 4.31 Å². The molecule has 6 heteroatoms. The summed E-state index contributed by atoms with van der Waals surface area (Å²) in [7, 11) is -2.08. The van der Waals surface area contributed by atoms with Gasteiger partial charge in [0.15, 0.2) is 0 Å². The molecule has 0 saturated heterocycles. The van der Waals surface area contributed by atoms with Crippen LogP contribution in [0.3, 0.4) is 0 Å². The number of nitrogens with zero attached hydrogens (tertiary/aromatic N) is 1. The van der Waals surface area contributed by atoms with Gasteiger partial charge in [0, 0.05) is 12.6 Å². The fraction of sp³-hybridized carbons (Fsp3) is 0.200. The molecule has 1 aromatic heterocycles. The summed E-state index contributed by atoms with van der Waals surface area (Å²) in [5.74, 6) is 5.80. The topological polar surface area (TPSA) is 70.8 Å². The van der Waals surface area contributed by atoms with E-state index in [0.717, 1.165) is 0 Å². The fourth-order valence-corrected chi connectivity index (χ4v) is 2.88. The first-order chi connectivity index (χ1) is 10.0.